The second-order valence-electron chi connectivity index (χ2n) is 3.83. The topological polar surface area (TPSA) is 106 Å². The van der Waals surface area contributed by atoms with Crippen LogP contribution in [-0.4, -0.2) is 52.5 Å². The van der Waals surface area contributed by atoms with Gasteiger partial charge >= 0.3 is 6.01 Å². The Labute approximate surface area is 106 Å². The van der Waals surface area contributed by atoms with Crippen LogP contribution in [0.1, 0.15) is 13.8 Å². The molecular weight excluding hydrogens is 236 g/mol. The first kappa shape index (κ1) is 13.9. The van der Waals surface area contributed by atoms with E-state index in [1.807, 2.05) is 6.92 Å². The largest absolute Gasteiger partial charge is 0.464 e. The van der Waals surface area contributed by atoms with Crippen LogP contribution in [0, 0.1) is 0 Å². The van der Waals surface area contributed by atoms with Crippen LogP contribution in [0.5, 0.6) is 6.01 Å². The van der Waals surface area contributed by atoms with Gasteiger partial charge in [-0.1, -0.05) is 0 Å². The average molecular weight is 254 g/mol. The van der Waals surface area contributed by atoms with Crippen LogP contribution in [0.2, 0.25) is 0 Å². The molecule has 0 spiro atoms. The monoisotopic (exact) mass is 254 g/mol. The zero-order valence-electron chi connectivity index (χ0n) is 11.0. The molecule has 0 aliphatic rings. The average Bonchev–Trinajstić information content (AvgIpc) is 2.27. The molecule has 0 aliphatic carbocycles. The molecule has 0 aromatic carbocycles. The van der Waals surface area contributed by atoms with Crippen molar-refractivity contribution in [3.05, 3.63) is 0 Å². The summed E-state index contributed by atoms with van der Waals surface area (Å²) in [6, 6.07) is -0.326. The molecule has 0 saturated heterocycles. The zero-order chi connectivity index (χ0) is 13.7. The van der Waals surface area contributed by atoms with E-state index in [2.05, 4.69) is 20.3 Å². The number of carbonyl (C=O) groups is 1. The Kier molecular flexibility index (Phi) is 4.64. The molecule has 100 valence electrons. The Hall–Kier alpha value is -2.12. The van der Waals surface area contributed by atoms with E-state index in [0.717, 1.165) is 0 Å². The number of rotatable bonds is 5. The Morgan fingerprint density at radius 3 is 2.67 bits per heavy atom. The fourth-order valence-corrected chi connectivity index (χ4v) is 1.27. The van der Waals surface area contributed by atoms with Gasteiger partial charge in [0, 0.05) is 14.1 Å². The van der Waals surface area contributed by atoms with Gasteiger partial charge in [0.05, 0.1) is 6.61 Å². The summed E-state index contributed by atoms with van der Waals surface area (Å²) in [5, 5.41) is 2.85. The second-order valence-corrected chi connectivity index (χ2v) is 3.83. The molecule has 3 N–H and O–H groups in total. The minimum absolute atomic E-state index is 0.0421. The first-order chi connectivity index (χ1) is 8.43. The number of nitrogens with zero attached hydrogens (tertiary/aromatic N) is 4. The van der Waals surface area contributed by atoms with Crippen LogP contribution in [0.15, 0.2) is 0 Å². The number of nitrogen functional groups attached to an aromatic ring is 1. The van der Waals surface area contributed by atoms with E-state index in [-0.39, 0.29) is 23.8 Å². The summed E-state index contributed by atoms with van der Waals surface area (Å²) in [5.74, 6) is 0.168. The van der Waals surface area contributed by atoms with Crippen molar-refractivity contribution in [1.29, 1.82) is 0 Å². The number of anilines is 2. The summed E-state index contributed by atoms with van der Waals surface area (Å²) in [7, 11) is 3.35. The third-order valence-corrected chi connectivity index (χ3v) is 2.06. The molecule has 1 rings (SSSR count). The fourth-order valence-electron chi connectivity index (χ4n) is 1.27. The maximum atomic E-state index is 11.7. The van der Waals surface area contributed by atoms with Gasteiger partial charge in [-0.05, 0) is 13.8 Å². The second kappa shape index (κ2) is 5.99. The first-order valence-corrected chi connectivity index (χ1v) is 5.56. The summed E-state index contributed by atoms with van der Waals surface area (Å²) in [4.78, 5) is 24.8. The van der Waals surface area contributed by atoms with Crippen LogP contribution in [-0.2, 0) is 4.79 Å². The van der Waals surface area contributed by atoms with Gasteiger partial charge in [0.2, 0.25) is 17.8 Å². The summed E-state index contributed by atoms with van der Waals surface area (Å²) >= 11 is 0. The molecule has 0 saturated carbocycles. The highest BCUT2D eigenvalue weighted by Crippen LogP contribution is 2.10. The van der Waals surface area contributed by atoms with Gasteiger partial charge in [-0.25, -0.2) is 0 Å². The highest BCUT2D eigenvalue weighted by atomic mass is 16.5. The number of aromatic nitrogens is 3. The summed E-state index contributed by atoms with van der Waals surface area (Å²) in [6.07, 6.45) is 0. The maximum absolute atomic E-state index is 11.7. The van der Waals surface area contributed by atoms with Crippen molar-refractivity contribution in [2.24, 2.45) is 0 Å². The van der Waals surface area contributed by atoms with E-state index in [4.69, 9.17) is 10.5 Å². The summed E-state index contributed by atoms with van der Waals surface area (Å²) < 4.78 is 5.14. The predicted octanol–water partition coefficient (Wildman–Crippen LogP) is -0.259. The van der Waals surface area contributed by atoms with E-state index >= 15 is 0 Å². The minimum atomic E-state index is -0.462. The van der Waals surface area contributed by atoms with Crippen molar-refractivity contribution in [2.45, 2.75) is 19.9 Å². The number of hydrogen-bond acceptors (Lipinski definition) is 7. The maximum Gasteiger partial charge on any atom is 0.323 e. The van der Waals surface area contributed by atoms with Crippen molar-refractivity contribution in [3.8, 4) is 6.01 Å². The molecule has 1 aromatic heterocycles. The van der Waals surface area contributed by atoms with E-state index in [1.165, 1.54) is 4.90 Å². The standard InChI is InChI=1S/C10H18N6O2/c1-5-18-10-14-8(11)13-9(15-10)12-6(2)7(17)16(3)4/h6H,5H2,1-4H3,(H3,11,12,13,14,15). The fraction of sp³-hybridized carbons (Fsp3) is 0.600. The van der Waals surface area contributed by atoms with Crippen molar-refractivity contribution < 1.29 is 9.53 Å². The number of ether oxygens (including phenoxy) is 1. The molecule has 8 nitrogen and oxygen atoms in total. The molecule has 1 unspecified atom stereocenters. The SMILES string of the molecule is CCOc1nc(N)nc(NC(C)C(=O)N(C)C)n1. The number of likely N-dealkylation sites (N-methyl/N-ethyl adjacent to an activating group) is 1. The smallest absolute Gasteiger partial charge is 0.323 e. The first-order valence-electron chi connectivity index (χ1n) is 5.56. The van der Waals surface area contributed by atoms with Gasteiger partial charge < -0.3 is 20.7 Å². The van der Waals surface area contributed by atoms with E-state index in [0.29, 0.717) is 6.61 Å². The Morgan fingerprint density at radius 2 is 2.11 bits per heavy atom. The molecule has 18 heavy (non-hydrogen) atoms. The number of nitrogens with one attached hydrogen (secondary N) is 1. The van der Waals surface area contributed by atoms with Gasteiger partial charge in [0.1, 0.15) is 6.04 Å². The zero-order valence-corrected chi connectivity index (χ0v) is 11.0. The molecule has 1 heterocycles. The van der Waals surface area contributed by atoms with E-state index < -0.39 is 6.04 Å². The molecule has 8 heteroatoms. The highest BCUT2D eigenvalue weighted by Gasteiger charge is 2.16. The molecule has 1 atom stereocenters. The molecule has 0 bridgehead atoms. The number of amides is 1. The van der Waals surface area contributed by atoms with Crippen molar-refractivity contribution in [2.75, 3.05) is 31.8 Å². The molecule has 0 aliphatic heterocycles. The predicted molar refractivity (Wildman–Crippen MR) is 67.2 cm³/mol. The van der Waals surface area contributed by atoms with Crippen LogP contribution in [0.4, 0.5) is 11.9 Å². The third kappa shape index (κ3) is 3.72. The summed E-state index contributed by atoms with van der Waals surface area (Å²) in [6.45, 7) is 3.95. The van der Waals surface area contributed by atoms with Gasteiger partial charge in [-0.2, -0.15) is 15.0 Å². The Balaban J connectivity index is 2.80. The molecule has 0 fully saturated rings. The Morgan fingerprint density at radius 1 is 1.44 bits per heavy atom. The van der Waals surface area contributed by atoms with Crippen LogP contribution in [0.25, 0.3) is 0 Å². The van der Waals surface area contributed by atoms with Gasteiger partial charge in [-0.3, -0.25) is 4.79 Å². The number of hydrogen-bond donors (Lipinski definition) is 2. The molecule has 1 aromatic rings. The minimum Gasteiger partial charge on any atom is -0.464 e. The highest BCUT2D eigenvalue weighted by molar-refractivity contribution is 5.83. The van der Waals surface area contributed by atoms with Crippen molar-refractivity contribution in [1.82, 2.24) is 19.9 Å². The van der Waals surface area contributed by atoms with Gasteiger partial charge in [0.25, 0.3) is 0 Å². The van der Waals surface area contributed by atoms with Crippen LogP contribution < -0.4 is 15.8 Å². The van der Waals surface area contributed by atoms with E-state index in [9.17, 15) is 4.79 Å². The van der Waals surface area contributed by atoms with Gasteiger partial charge in [-0.15, -0.1) is 0 Å². The molecular formula is C10H18N6O2. The van der Waals surface area contributed by atoms with Crippen molar-refractivity contribution >= 4 is 17.8 Å². The van der Waals surface area contributed by atoms with Gasteiger partial charge in [0.15, 0.2) is 0 Å². The number of carbonyl (C=O) groups excluding carboxylic acids is 1. The lowest BCUT2D eigenvalue weighted by molar-refractivity contribution is -0.129. The lowest BCUT2D eigenvalue weighted by Gasteiger charge is -2.18. The quantitative estimate of drug-likeness (QED) is 0.745. The number of nitrogens with two attached hydrogens (primary N) is 1. The summed E-state index contributed by atoms with van der Waals surface area (Å²) in [5.41, 5.74) is 5.52. The normalized spacial score (nSPS) is 11.8. The van der Waals surface area contributed by atoms with Crippen LogP contribution >= 0.6 is 0 Å². The molecule has 1 amide bonds. The lowest BCUT2D eigenvalue weighted by Crippen LogP contribution is -2.37. The lowest BCUT2D eigenvalue weighted by atomic mass is 10.3. The van der Waals surface area contributed by atoms with Crippen molar-refractivity contribution in [3.63, 3.8) is 0 Å². The van der Waals surface area contributed by atoms with E-state index in [1.54, 1.807) is 21.0 Å². The molecule has 0 radical (unpaired) electrons. The third-order valence-electron chi connectivity index (χ3n) is 2.06. The Bertz CT molecular complexity index is 423. The van der Waals surface area contributed by atoms with Crippen LogP contribution in [0.3, 0.4) is 0 Å².